The van der Waals surface area contributed by atoms with Crippen LogP contribution in [0.4, 0.5) is 0 Å². The van der Waals surface area contributed by atoms with Crippen LogP contribution in [0.25, 0.3) is 85.9 Å². The van der Waals surface area contributed by atoms with Crippen molar-refractivity contribution in [3.8, 4) is 33.4 Å². The van der Waals surface area contributed by atoms with E-state index in [4.69, 9.17) is 0 Å². The minimum Gasteiger partial charge on any atom is -0.135 e. The monoisotopic (exact) mass is 536 g/mol. The summed E-state index contributed by atoms with van der Waals surface area (Å²) in [6, 6.07) is 53.7. The predicted octanol–water partition coefficient (Wildman–Crippen LogP) is 12.0. The van der Waals surface area contributed by atoms with Crippen LogP contribution in [0.1, 0.15) is 0 Å². The number of rotatable bonds is 3. The Morgan fingerprint density at radius 2 is 0.854 bits per heavy atom. The lowest BCUT2D eigenvalue weighted by Crippen LogP contribution is -1.87. The molecule has 0 amide bonds. The average molecular weight is 537 g/mol. The summed E-state index contributed by atoms with van der Waals surface area (Å²) in [4.78, 5) is 0. The molecule has 0 bridgehead atoms. The molecule has 0 spiro atoms. The van der Waals surface area contributed by atoms with Gasteiger partial charge in [0.05, 0.1) is 0 Å². The van der Waals surface area contributed by atoms with Gasteiger partial charge in [0.1, 0.15) is 0 Å². The highest BCUT2D eigenvalue weighted by molar-refractivity contribution is 7.25. The molecule has 1 aromatic heterocycles. The Morgan fingerprint density at radius 3 is 1.63 bits per heavy atom. The molecule has 190 valence electrons. The first-order chi connectivity index (χ1) is 20.3. The van der Waals surface area contributed by atoms with Gasteiger partial charge in [-0.2, -0.15) is 0 Å². The zero-order chi connectivity index (χ0) is 26.9. The number of thiophene rings is 1. The van der Waals surface area contributed by atoms with Crippen molar-refractivity contribution in [3.05, 3.63) is 146 Å². The Hall–Kier alpha value is -4.98. The second-order valence-electron chi connectivity index (χ2n) is 10.9. The summed E-state index contributed by atoms with van der Waals surface area (Å²) in [5, 5.41) is 10.7. The maximum atomic E-state index is 2.39. The van der Waals surface area contributed by atoms with Crippen LogP contribution in [0.5, 0.6) is 0 Å². The Labute approximate surface area is 242 Å². The number of hydrogen-bond acceptors (Lipinski definition) is 1. The minimum atomic E-state index is 1.25. The van der Waals surface area contributed by atoms with E-state index in [0.29, 0.717) is 0 Å². The summed E-state index contributed by atoms with van der Waals surface area (Å²) in [5.74, 6) is 0. The number of fused-ring (bicyclic) bond motifs is 3. The molecule has 0 aliphatic rings. The zero-order valence-electron chi connectivity index (χ0n) is 22.3. The first-order valence-electron chi connectivity index (χ1n) is 14.1. The summed E-state index contributed by atoms with van der Waals surface area (Å²) < 4.78 is 2.66. The smallest absolute Gasteiger partial charge is 0.0361 e. The topological polar surface area (TPSA) is 0 Å². The van der Waals surface area contributed by atoms with Crippen LogP contribution in [0.2, 0.25) is 0 Å². The van der Waals surface area contributed by atoms with Crippen LogP contribution in [0.3, 0.4) is 0 Å². The highest BCUT2D eigenvalue weighted by Crippen LogP contribution is 2.42. The van der Waals surface area contributed by atoms with E-state index in [0.717, 1.165) is 0 Å². The number of hydrogen-bond donors (Lipinski definition) is 0. The van der Waals surface area contributed by atoms with E-state index in [1.54, 1.807) is 0 Å². The summed E-state index contributed by atoms with van der Waals surface area (Å²) in [5.41, 5.74) is 7.58. The number of benzene rings is 8. The third kappa shape index (κ3) is 3.53. The van der Waals surface area contributed by atoms with E-state index in [-0.39, 0.29) is 0 Å². The molecule has 9 rings (SSSR count). The molecular weight excluding hydrogens is 513 g/mol. The molecule has 0 saturated carbocycles. The molecule has 8 aromatic carbocycles. The molecule has 0 aliphatic carbocycles. The lowest BCUT2D eigenvalue weighted by molar-refractivity contribution is 1.60. The first kappa shape index (κ1) is 22.8. The molecule has 1 heteroatoms. The molecule has 41 heavy (non-hydrogen) atoms. The molecule has 0 radical (unpaired) electrons. The second-order valence-corrected chi connectivity index (χ2v) is 12.0. The third-order valence-corrected chi connectivity index (χ3v) is 9.73. The molecule has 0 N–H and O–H groups in total. The summed E-state index contributed by atoms with van der Waals surface area (Å²) in [6.45, 7) is 0. The summed E-state index contributed by atoms with van der Waals surface area (Å²) >= 11 is 1.89. The van der Waals surface area contributed by atoms with Gasteiger partial charge in [0.15, 0.2) is 0 Å². The molecule has 9 aromatic rings. The van der Waals surface area contributed by atoms with Crippen LogP contribution in [0, 0.1) is 0 Å². The molecule has 0 unspecified atom stereocenters. The largest absolute Gasteiger partial charge is 0.135 e. The molecule has 0 nitrogen and oxygen atoms in total. The van der Waals surface area contributed by atoms with Crippen molar-refractivity contribution >= 4 is 63.8 Å². The van der Waals surface area contributed by atoms with Gasteiger partial charge < -0.3 is 0 Å². The van der Waals surface area contributed by atoms with Gasteiger partial charge in [-0.15, -0.1) is 11.3 Å². The summed E-state index contributed by atoms with van der Waals surface area (Å²) in [6.07, 6.45) is 0. The van der Waals surface area contributed by atoms with Crippen molar-refractivity contribution in [3.63, 3.8) is 0 Å². The highest BCUT2D eigenvalue weighted by atomic mass is 32.1. The van der Waals surface area contributed by atoms with E-state index in [2.05, 4.69) is 146 Å². The van der Waals surface area contributed by atoms with Gasteiger partial charge >= 0.3 is 0 Å². The van der Waals surface area contributed by atoms with E-state index in [1.165, 1.54) is 85.9 Å². The fourth-order valence-electron chi connectivity index (χ4n) is 6.62. The van der Waals surface area contributed by atoms with Crippen LogP contribution in [0.15, 0.2) is 146 Å². The van der Waals surface area contributed by atoms with E-state index in [1.807, 2.05) is 11.3 Å². The highest BCUT2D eigenvalue weighted by Gasteiger charge is 2.14. The molecule has 0 saturated heterocycles. The molecule has 0 aliphatic heterocycles. The van der Waals surface area contributed by atoms with E-state index in [9.17, 15) is 0 Å². The van der Waals surface area contributed by atoms with Crippen molar-refractivity contribution in [2.75, 3.05) is 0 Å². The lowest BCUT2D eigenvalue weighted by Gasteiger charge is -2.14. The second kappa shape index (κ2) is 8.76. The van der Waals surface area contributed by atoms with Crippen LogP contribution < -0.4 is 0 Å². The normalized spacial score (nSPS) is 11.9. The molecule has 1 heterocycles. The maximum Gasteiger partial charge on any atom is 0.0361 e. The van der Waals surface area contributed by atoms with Gasteiger partial charge in [-0.25, -0.2) is 0 Å². The van der Waals surface area contributed by atoms with Crippen molar-refractivity contribution in [2.24, 2.45) is 0 Å². The van der Waals surface area contributed by atoms with Crippen LogP contribution in [-0.4, -0.2) is 0 Å². The third-order valence-electron chi connectivity index (χ3n) is 8.62. The predicted molar refractivity (Wildman–Crippen MR) is 179 cm³/mol. The maximum absolute atomic E-state index is 2.39. The quantitative estimate of drug-likeness (QED) is 0.197. The average Bonchev–Trinajstić information content (AvgIpc) is 3.41. The minimum absolute atomic E-state index is 1.25. The Balaban J connectivity index is 1.17. The van der Waals surface area contributed by atoms with Crippen LogP contribution >= 0.6 is 11.3 Å². The van der Waals surface area contributed by atoms with Crippen molar-refractivity contribution in [1.82, 2.24) is 0 Å². The Bertz CT molecular complexity index is 2390. The van der Waals surface area contributed by atoms with Gasteiger partial charge in [0.25, 0.3) is 0 Å². The fraction of sp³-hybridized carbons (Fsp3) is 0. The van der Waals surface area contributed by atoms with Gasteiger partial charge in [0, 0.05) is 20.2 Å². The lowest BCUT2D eigenvalue weighted by atomic mass is 9.90. The molecule has 0 fully saturated rings. The van der Waals surface area contributed by atoms with Gasteiger partial charge in [-0.05, 0) is 83.9 Å². The van der Waals surface area contributed by atoms with Gasteiger partial charge in [0.2, 0.25) is 0 Å². The standard InChI is InChI=1S/C40H24S/c1-2-6-25(7-3-1)29-10-5-11-30(22-29)31-16-19-34-35-20-17-32(24-38(35)41-37(34)23-31)33-18-14-28-13-12-26-8-4-9-27-15-21-36(33)40(28)39(26)27/h1-24H. The van der Waals surface area contributed by atoms with E-state index < -0.39 is 0 Å². The SMILES string of the molecule is c1ccc(-c2cccc(-c3ccc4c(c3)sc3cc(-c5ccc6ccc7cccc8ccc5c6c78)ccc34)c2)cc1. The molecule has 0 atom stereocenters. The zero-order valence-corrected chi connectivity index (χ0v) is 23.1. The van der Waals surface area contributed by atoms with Crippen LogP contribution in [-0.2, 0) is 0 Å². The van der Waals surface area contributed by atoms with Crippen molar-refractivity contribution < 1.29 is 0 Å². The van der Waals surface area contributed by atoms with E-state index >= 15 is 0 Å². The fourth-order valence-corrected chi connectivity index (χ4v) is 7.80. The summed E-state index contributed by atoms with van der Waals surface area (Å²) in [7, 11) is 0. The molecular formula is C40H24S. The van der Waals surface area contributed by atoms with Crippen molar-refractivity contribution in [1.29, 1.82) is 0 Å². The van der Waals surface area contributed by atoms with Gasteiger partial charge in [-0.1, -0.05) is 127 Å². The van der Waals surface area contributed by atoms with Crippen molar-refractivity contribution in [2.45, 2.75) is 0 Å². The van der Waals surface area contributed by atoms with Gasteiger partial charge in [-0.3, -0.25) is 0 Å². The Kier molecular flexibility index (Phi) is 4.87. The first-order valence-corrected chi connectivity index (χ1v) is 14.9. The Morgan fingerprint density at radius 1 is 0.317 bits per heavy atom.